The summed E-state index contributed by atoms with van der Waals surface area (Å²) in [6, 6.07) is 0. The summed E-state index contributed by atoms with van der Waals surface area (Å²) >= 11 is 0. The van der Waals surface area contributed by atoms with Gasteiger partial charge >= 0.3 is 11.9 Å². The van der Waals surface area contributed by atoms with Crippen LogP contribution in [0.15, 0.2) is 48.6 Å². The van der Waals surface area contributed by atoms with Crippen LogP contribution in [0.2, 0.25) is 0 Å². The van der Waals surface area contributed by atoms with Gasteiger partial charge in [0.05, 0.1) is 27.7 Å². The Morgan fingerprint density at radius 3 is 1.31 bits per heavy atom. The predicted molar refractivity (Wildman–Crippen MR) is 273 cm³/mol. The lowest BCUT2D eigenvalue weighted by atomic mass is 10.0. The molecule has 0 aromatic rings. The number of likely N-dealkylation sites (N-methyl/N-ethyl adjacent to an activating group) is 1. The molecular formula is C55H102NO8P. The van der Waals surface area contributed by atoms with Crippen LogP contribution in [0, 0.1) is 0 Å². The molecule has 10 heteroatoms. The van der Waals surface area contributed by atoms with Gasteiger partial charge in [-0.15, -0.1) is 0 Å². The molecule has 0 fully saturated rings. The summed E-state index contributed by atoms with van der Waals surface area (Å²) in [4.78, 5) is 37.8. The highest BCUT2D eigenvalue weighted by Gasteiger charge is 2.21. The topological polar surface area (TPSA) is 111 Å². The first-order valence-electron chi connectivity index (χ1n) is 26.8. The molecule has 0 aromatic carbocycles. The van der Waals surface area contributed by atoms with Crippen LogP contribution >= 0.6 is 7.82 Å². The zero-order chi connectivity index (χ0) is 47.8. The van der Waals surface area contributed by atoms with E-state index in [-0.39, 0.29) is 32.0 Å². The second kappa shape index (κ2) is 47.1. The Bertz CT molecular complexity index is 1240. The standard InChI is InChI=1S/C55H102NO8P/c1-6-8-10-12-14-16-18-20-22-24-25-26-27-28-29-30-31-32-34-36-38-40-42-44-46-48-55(58)64-53(52-63-65(59,60)62-50-49-56(3,4)5)51-61-54(57)47-45-43-41-39-37-35-33-23-21-19-17-15-13-11-9-7-2/h8,10,14,16,20,22,25-26,53H,6-7,9,11-13,15,17-19,21,23-24,27-52H2,1-5H3/b10-8-,16-14-,22-20-,26-25-. The first-order chi connectivity index (χ1) is 31.5. The number of carbonyl (C=O) groups excluding carboxylic acids is 2. The lowest BCUT2D eigenvalue weighted by Crippen LogP contribution is -2.37. The van der Waals surface area contributed by atoms with Gasteiger partial charge in [-0.2, -0.15) is 0 Å². The van der Waals surface area contributed by atoms with E-state index in [4.69, 9.17) is 18.5 Å². The van der Waals surface area contributed by atoms with Crippen LogP contribution in [-0.2, 0) is 32.7 Å². The van der Waals surface area contributed by atoms with Crippen LogP contribution in [0.4, 0.5) is 0 Å². The smallest absolute Gasteiger partial charge is 0.306 e. The Hall–Kier alpha value is -2.03. The van der Waals surface area contributed by atoms with E-state index in [9.17, 15) is 19.0 Å². The largest absolute Gasteiger partial charge is 0.756 e. The molecule has 0 aliphatic carbocycles. The van der Waals surface area contributed by atoms with Crippen molar-refractivity contribution in [2.24, 2.45) is 0 Å². The van der Waals surface area contributed by atoms with Crippen LogP contribution in [-0.4, -0.2) is 70.0 Å². The van der Waals surface area contributed by atoms with Crippen molar-refractivity contribution in [1.82, 2.24) is 0 Å². The molecule has 0 amide bonds. The number of quaternary nitrogens is 1. The SMILES string of the molecule is CC/C=C\C/C=C\C/C=C\C/C=C\CCCCCCCCCCCCCCC(=O)OC(COC(=O)CCCCCCCCCCCCCCCCCC)COP(=O)([O-])OCC[N+](C)(C)C. The fourth-order valence-electron chi connectivity index (χ4n) is 7.47. The minimum Gasteiger partial charge on any atom is -0.756 e. The van der Waals surface area contributed by atoms with E-state index in [1.165, 1.54) is 141 Å². The van der Waals surface area contributed by atoms with Crippen molar-refractivity contribution in [3.8, 4) is 0 Å². The average molecular weight is 936 g/mol. The maximum absolute atomic E-state index is 12.8. The average Bonchev–Trinajstić information content (AvgIpc) is 3.26. The fraction of sp³-hybridized carbons (Fsp3) is 0.818. The molecule has 2 unspecified atom stereocenters. The zero-order valence-corrected chi connectivity index (χ0v) is 43.8. The van der Waals surface area contributed by atoms with Gasteiger partial charge in [0, 0.05) is 12.8 Å². The Labute approximate surface area is 401 Å². The van der Waals surface area contributed by atoms with Crippen molar-refractivity contribution < 1.29 is 42.1 Å². The van der Waals surface area contributed by atoms with Crippen molar-refractivity contribution in [1.29, 1.82) is 0 Å². The highest BCUT2D eigenvalue weighted by molar-refractivity contribution is 7.45. The fourth-order valence-corrected chi connectivity index (χ4v) is 8.20. The summed E-state index contributed by atoms with van der Waals surface area (Å²) in [6.45, 7) is 4.15. The lowest BCUT2D eigenvalue weighted by molar-refractivity contribution is -0.870. The Morgan fingerprint density at radius 1 is 0.492 bits per heavy atom. The van der Waals surface area contributed by atoms with Crippen molar-refractivity contribution in [3.63, 3.8) is 0 Å². The molecule has 0 radical (unpaired) electrons. The molecule has 0 saturated carbocycles. The Morgan fingerprint density at radius 2 is 0.877 bits per heavy atom. The third-order valence-electron chi connectivity index (χ3n) is 11.6. The summed E-state index contributed by atoms with van der Waals surface area (Å²) in [5, 5.41) is 0. The molecule has 0 saturated heterocycles. The van der Waals surface area contributed by atoms with Crippen LogP contribution in [0.25, 0.3) is 0 Å². The lowest BCUT2D eigenvalue weighted by Gasteiger charge is -2.28. The number of hydrogen-bond acceptors (Lipinski definition) is 8. The molecule has 0 rings (SSSR count). The second-order valence-electron chi connectivity index (χ2n) is 19.2. The van der Waals surface area contributed by atoms with Crippen molar-refractivity contribution in [2.45, 2.75) is 245 Å². The number of nitrogens with zero attached hydrogens (tertiary/aromatic N) is 1. The van der Waals surface area contributed by atoms with Gasteiger partial charge in [-0.3, -0.25) is 14.2 Å². The maximum Gasteiger partial charge on any atom is 0.306 e. The summed E-state index contributed by atoms with van der Waals surface area (Å²) < 4.78 is 34.1. The van der Waals surface area contributed by atoms with E-state index < -0.39 is 26.5 Å². The van der Waals surface area contributed by atoms with Gasteiger partial charge in [0.2, 0.25) is 0 Å². The van der Waals surface area contributed by atoms with Gasteiger partial charge in [-0.1, -0.05) is 223 Å². The quantitative estimate of drug-likeness (QED) is 0.0195. The minimum absolute atomic E-state index is 0.0305. The van der Waals surface area contributed by atoms with Crippen molar-refractivity contribution in [3.05, 3.63) is 48.6 Å². The van der Waals surface area contributed by atoms with Crippen molar-refractivity contribution in [2.75, 3.05) is 47.5 Å². The summed E-state index contributed by atoms with van der Waals surface area (Å²) in [5.74, 6) is -0.827. The van der Waals surface area contributed by atoms with Gasteiger partial charge in [0.15, 0.2) is 6.10 Å². The van der Waals surface area contributed by atoms with Gasteiger partial charge in [-0.05, 0) is 51.4 Å². The van der Waals surface area contributed by atoms with Crippen LogP contribution in [0.1, 0.15) is 239 Å². The number of esters is 2. The number of unbranched alkanes of at least 4 members (excludes halogenated alkanes) is 27. The van der Waals surface area contributed by atoms with E-state index in [1.54, 1.807) is 0 Å². The summed E-state index contributed by atoms with van der Waals surface area (Å²) in [7, 11) is 1.17. The molecule has 0 heterocycles. The summed E-state index contributed by atoms with van der Waals surface area (Å²) in [6.07, 6.45) is 57.1. The van der Waals surface area contributed by atoms with E-state index in [1.807, 2.05) is 21.1 Å². The van der Waals surface area contributed by atoms with Crippen LogP contribution in [0.3, 0.4) is 0 Å². The van der Waals surface area contributed by atoms with Gasteiger partial charge in [0.25, 0.3) is 7.82 Å². The normalized spacial score (nSPS) is 13.8. The van der Waals surface area contributed by atoms with Gasteiger partial charge < -0.3 is 27.9 Å². The molecule has 0 N–H and O–H groups in total. The number of allylic oxidation sites excluding steroid dienone is 8. The maximum atomic E-state index is 12.8. The van der Waals surface area contributed by atoms with E-state index in [0.29, 0.717) is 17.4 Å². The minimum atomic E-state index is -4.63. The number of phosphoric acid groups is 1. The Balaban J connectivity index is 4.18. The second-order valence-corrected chi connectivity index (χ2v) is 20.6. The molecule has 0 bridgehead atoms. The molecule has 65 heavy (non-hydrogen) atoms. The predicted octanol–water partition coefficient (Wildman–Crippen LogP) is 15.6. The molecule has 0 aliphatic rings. The van der Waals surface area contributed by atoms with Gasteiger partial charge in [0.1, 0.15) is 19.8 Å². The first-order valence-corrected chi connectivity index (χ1v) is 28.3. The number of ether oxygens (including phenoxy) is 2. The van der Waals surface area contributed by atoms with E-state index in [0.717, 1.165) is 64.2 Å². The highest BCUT2D eigenvalue weighted by Crippen LogP contribution is 2.38. The van der Waals surface area contributed by atoms with Crippen LogP contribution in [0.5, 0.6) is 0 Å². The molecule has 0 aliphatic heterocycles. The third kappa shape index (κ3) is 51.2. The number of rotatable bonds is 49. The Kier molecular flexibility index (Phi) is 45.6. The van der Waals surface area contributed by atoms with Crippen LogP contribution < -0.4 is 4.89 Å². The molecule has 0 spiro atoms. The molecule has 380 valence electrons. The van der Waals surface area contributed by atoms with Crippen molar-refractivity contribution >= 4 is 19.8 Å². The zero-order valence-electron chi connectivity index (χ0n) is 42.9. The molecular weight excluding hydrogens is 834 g/mol. The summed E-state index contributed by atoms with van der Waals surface area (Å²) in [5.41, 5.74) is 0. The van der Waals surface area contributed by atoms with E-state index >= 15 is 0 Å². The highest BCUT2D eigenvalue weighted by atomic mass is 31.2. The number of hydrogen-bond donors (Lipinski definition) is 0. The van der Waals surface area contributed by atoms with E-state index in [2.05, 4.69) is 62.5 Å². The molecule has 0 aromatic heterocycles. The third-order valence-corrected chi connectivity index (χ3v) is 12.6. The number of phosphoric ester groups is 1. The monoisotopic (exact) mass is 936 g/mol. The first kappa shape index (κ1) is 63.0. The number of carbonyl (C=O) groups is 2. The molecule has 2 atom stereocenters. The van der Waals surface area contributed by atoms with Gasteiger partial charge in [-0.25, -0.2) is 0 Å². The molecule has 9 nitrogen and oxygen atoms in total.